The van der Waals surface area contributed by atoms with Gasteiger partial charge in [0.25, 0.3) is 0 Å². The first-order chi connectivity index (χ1) is 14.2. The van der Waals surface area contributed by atoms with Gasteiger partial charge in [0.05, 0.1) is 25.3 Å². The highest BCUT2D eigenvalue weighted by Gasteiger charge is 2.21. The second-order valence-electron chi connectivity index (χ2n) is 7.90. The molecule has 2 heterocycles. The van der Waals surface area contributed by atoms with E-state index in [-0.39, 0.29) is 12.1 Å². The zero-order chi connectivity index (χ0) is 20.1. The normalized spacial score (nSPS) is 20.7. The van der Waals surface area contributed by atoms with Crippen LogP contribution in [0.1, 0.15) is 42.0 Å². The van der Waals surface area contributed by atoms with Gasteiger partial charge >= 0.3 is 0 Å². The van der Waals surface area contributed by atoms with Crippen LogP contribution in [-0.4, -0.2) is 41.8 Å². The minimum absolute atomic E-state index is 0.125. The number of nitrogens with two attached hydrogens (primary N) is 1. The van der Waals surface area contributed by atoms with Crippen LogP contribution in [0, 0.1) is 0 Å². The summed E-state index contributed by atoms with van der Waals surface area (Å²) in [4.78, 5) is 6.92. The highest BCUT2D eigenvalue weighted by molar-refractivity contribution is 5.78. The van der Waals surface area contributed by atoms with Crippen LogP contribution >= 0.6 is 0 Å². The van der Waals surface area contributed by atoms with Crippen LogP contribution in [0.3, 0.4) is 0 Å². The number of guanidine groups is 1. The number of aliphatic hydroxyl groups is 1. The number of likely N-dealkylation sites (tertiary alicyclic amines) is 1. The molecule has 0 bridgehead atoms. The number of hydrogen-bond acceptors (Lipinski definition) is 4. The van der Waals surface area contributed by atoms with Gasteiger partial charge in [-0.3, -0.25) is 4.90 Å². The van der Waals surface area contributed by atoms with Crippen LogP contribution in [-0.2, 0) is 13.1 Å². The van der Waals surface area contributed by atoms with Gasteiger partial charge < -0.3 is 20.9 Å². The maximum Gasteiger partial charge on any atom is 0.189 e. The van der Waals surface area contributed by atoms with Gasteiger partial charge in [0, 0.05) is 31.6 Å². The number of ether oxygens (including phenoxy) is 1. The molecule has 1 unspecified atom stereocenters. The van der Waals surface area contributed by atoms with E-state index >= 15 is 0 Å². The molecule has 0 amide bonds. The lowest BCUT2D eigenvalue weighted by Crippen LogP contribution is -2.37. The smallest absolute Gasteiger partial charge is 0.189 e. The Bertz CT molecular complexity index is 829. The van der Waals surface area contributed by atoms with Gasteiger partial charge in [0.15, 0.2) is 5.96 Å². The summed E-state index contributed by atoms with van der Waals surface area (Å²) in [7, 11) is 0. The third-order valence-corrected chi connectivity index (χ3v) is 5.70. The molecule has 0 aliphatic carbocycles. The molecule has 0 spiro atoms. The van der Waals surface area contributed by atoms with Crippen molar-refractivity contribution < 1.29 is 9.84 Å². The summed E-state index contributed by atoms with van der Waals surface area (Å²) in [5.74, 6) is 1.38. The number of rotatable bonds is 5. The van der Waals surface area contributed by atoms with Gasteiger partial charge in [-0.05, 0) is 30.0 Å². The zero-order valence-electron chi connectivity index (χ0n) is 16.8. The number of aliphatic imine (C=N–C) groups is 1. The number of fused-ring (bicyclic) bond motifs is 1. The Morgan fingerprint density at radius 3 is 2.59 bits per heavy atom. The first-order valence-electron chi connectivity index (χ1n) is 10.4. The van der Waals surface area contributed by atoms with Gasteiger partial charge in [-0.25, -0.2) is 4.99 Å². The van der Waals surface area contributed by atoms with Crippen molar-refractivity contribution in [2.24, 2.45) is 10.7 Å². The quantitative estimate of drug-likeness (QED) is 0.536. The topological polar surface area (TPSA) is 83.1 Å². The van der Waals surface area contributed by atoms with E-state index in [2.05, 4.69) is 45.5 Å². The predicted octanol–water partition coefficient (Wildman–Crippen LogP) is 2.57. The predicted molar refractivity (Wildman–Crippen MR) is 115 cm³/mol. The Kier molecular flexibility index (Phi) is 6.32. The molecular weight excluding hydrogens is 364 g/mol. The van der Waals surface area contributed by atoms with Crippen molar-refractivity contribution in [1.29, 1.82) is 0 Å². The minimum atomic E-state index is -0.125. The molecule has 1 atom stereocenters. The molecule has 4 rings (SSSR count). The second kappa shape index (κ2) is 9.29. The summed E-state index contributed by atoms with van der Waals surface area (Å²) < 4.78 is 5.70. The highest BCUT2D eigenvalue weighted by atomic mass is 16.5. The molecule has 2 aromatic rings. The molecule has 6 nitrogen and oxygen atoms in total. The van der Waals surface area contributed by atoms with Gasteiger partial charge in [0.1, 0.15) is 5.75 Å². The average Bonchev–Trinajstić information content (AvgIpc) is 2.75. The first-order valence-corrected chi connectivity index (χ1v) is 10.4. The van der Waals surface area contributed by atoms with Crippen LogP contribution in [0.25, 0.3) is 0 Å². The Hall–Kier alpha value is -2.57. The van der Waals surface area contributed by atoms with Crippen LogP contribution in [0.5, 0.6) is 5.75 Å². The van der Waals surface area contributed by atoms with Gasteiger partial charge in [-0.1, -0.05) is 42.5 Å². The van der Waals surface area contributed by atoms with E-state index in [9.17, 15) is 5.11 Å². The van der Waals surface area contributed by atoms with E-state index in [1.165, 1.54) is 5.56 Å². The molecule has 1 saturated heterocycles. The van der Waals surface area contributed by atoms with Crippen LogP contribution in [0.15, 0.2) is 53.5 Å². The van der Waals surface area contributed by atoms with Crippen molar-refractivity contribution in [2.45, 2.75) is 44.5 Å². The van der Waals surface area contributed by atoms with E-state index in [1.807, 2.05) is 18.2 Å². The minimum Gasteiger partial charge on any atom is -0.493 e. The lowest BCUT2D eigenvalue weighted by molar-refractivity contribution is 0.0792. The Morgan fingerprint density at radius 2 is 1.79 bits per heavy atom. The highest BCUT2D eigenvalue weighted by Crippen LogP contribution is 2.31. The SMILES string of the molecule is NC(=NCc1ccc(CN2CCC(O)CC2)cc1)NC1CCOc2ccccc21. The zero-order valence-corrected chi connectivity index (χ0v) is 16.8. The third-order valence-electron chi connectivity index (χ3n) is 5.70. The number of benzene rings is 2. The van der Waals surface area contributed by atoms with Crippen LogP contribution in [0.4, 0.5) is 0 Å². The Balaban J connectivity index is 1.30. The first kappa shape index (κ1) is 19.7. The van der Waals surface area contributed by atoms with E-state index in [1.54, 1.807) is 0 Å². The number of aliphatic hydroxyl groups excluding tert-OH is 1. The van der Waals surface area contributed by atoms with Crippen molar-refractivity contribution in [3.8, 4) is 5.75 Å². The van der Waals surface area contributed by atoms with Crippen molar-refractivity contribution in [1.82, 2.24) is 10.2 Å². The molecular formula is C23H30N4O2. The van der Waals surface area contributed by atoms with Gasteiger partial charge in [0.2, 0.25) is 0 Å². The van der Waals surface area contributed by atoms with Crippen molar-refractivity contribution in [2.75, 3.05) is 19.7 Å². The second-order valence-corrected chi connectivity index (χ2v) is 7.90. The fraction of sp³-hybridized carbons (Fsp3) is 0.435. The monoisotopic (exact) mass is 394 g/mol. The lowest BCUT2D eigenvalue weighted by atomic mass is 10.0. The maximum atomic E-state index is 9.62. The molecule has 2 aliphatic rings. The Labute approximate surface area is 172 Å². The average molecular weight is 395 g/mol. The largest absolute Gasteiger partial charge is 0.493 e. The van der Waals surface area contributed by atoms with Crippen molar-refractivity contribution >= 4 is 5.96 Å². The molecule has 2 aliphatic heterocycles. The van der Waals surface area contributed by atoms with Crippen LogP contribution in [0.2, 0.25) is 0 Å². The van der Waals surface area contributed by atoms with E-state index in [0.717, 1.165) is 55.8 Å². The summed E-state index contributed by atoms with van der Waals surface area (Å²) in [5.41, 5.74) is 9.71. The van der Waals surface area contributed by atoms with Gasteiger partial charge in [-0.2, -0.15) is 0 Å². The molecule has 29 heavy (non-hydrogen) atoms. The number of para-hydroxylation sites is 1. The summed E-state index contributed by atoms with van der Waals surface area (Å²) in [6.07, 6.45) is 2.49. The molecule has 0 aromatic heterocycles. The van der Waals surface area contributed by atoms with Crippen molar-refractivity contribution in [3.05, 3.63) is 65.2 Å². The summed E-state index contributed by atoms with van der Waals surface area (Å²) in [5, 5.41) is 13.0. The van der Waals surface area contributed by atoms with E-state index in [4.69, 9.17) is 10.5 Å². The molecule has 1 fully saturated rings. The maximum absolute atomic E-state index is 9.62. The molecule has 0 saturated carbocycles. The number of nitrogens with zero attached hydrogens (tertiary/aromatic N) is 2. The number of hydrogen-bond donors (Lipinski definition) is 3. The van der Waals surface area contributed by atoms with E-state index in [0.29, 0.717) is 19.1 Å². The summed E-state index contributed by atoms with van der Waals surface area (Å²) in [6, 6.07) is 16.8. The van der Waals surface area contributed by atoms with Crippen molar-refractivity contribution in [3.63, 3.8) is 0 Å². The van der Waals surface area contributed by atoms with Gasteiger partial charge in [-0.15, -0.1) is 0 Å². The molecule has 2 aromatic carbocycles. The molecule has 0 radical (unpaired) electrons. The standard InChI is InChI=1S/C23H30N4O2/c24-23(26-21-11-14-29-22-4-2-1-3-20(21)22)25-15-17-5-7-18(8-6-17)16-27-12-9-19(28)10-13-27/h1-8,19,21,28H,9-16H2,(H3,24,25,26). The molecule has 154 valence electrons. The summed E-state index contributed by atoms with van der Waals surface area (Å²) in [6.45, 7) is 4.10. The Morgan fingerprint density at radius 1 is 1.07 bits per heavy atom. The molecule has 4 N–H and O–H groups in total. The fourth-order valence-electron chi connectivity index (χ4n) is 3.98. The lowest BCUT2D eigenvalue weighted by Gasteiger charge is -2.29. The fourth-order valence-corrected chi connectivity index (χ4v) is 3.98. The number of nitrogens with one attached hydrogen (secondary N) is 1. The molecule has 6 heteroatoms. The summed E-state index contributed by atoms with van der Waals surface area (Å²) >= 11 is 0. The van der Waals surface area contributed by atoms with Crippen LogP contribution < -0.4 is 15.8 Å². The number of piperidine rings is 1. The third kappa shape index (κ3) is 5.28. The van der Waals surface area contributed by atoms with E-state index < -0.39 is 0 Å².